The van der Waals surface area contributed by atoms with E-state index in [9.17, 15) is 4.79 Å². The molecule has 0 aliphatic heterocycles. The second-order valence-electron chi connectivity index (χ2n) is 4.39. The van der Waals surface area contributed by atoms with Gasteiger partial charge in [0.05, 0.1) is 12.2 Å². The van der Waals surface area contributed by atoms with Crippen LogP contribution in [0.2, 0.25) is 0 Å². The molecule has 0 saturated heterocycles. The monoisotopic (exact) mass is 271 g/mol. The maximum absolute atomic E-state index is 12.1. The lowest BCUT2D eigenvalue weighted by atomic mass is 10.0. The van der Waals surface area contributed by atoms with Gasteiger partial charge < -0.3 is 10.4 Å². The number of hydrogen-bond acceptors (Lipinski definition) is 4. The minimum Gasteiger partial charge on any atom is -0.396 e. The number of carbonyl (C=O) groups is 1. The van der Waals surface area contributed by atoms with Gasteiger partial charge >= 0.3 is 0 Å². The quantitative estimate of drug-likeness (QED) is 0.839. The predicted octanol–water partition coefficient (Wildman–Crippen LogP) is 1.72. The van der Waals surface area contributed by atoms with Crippen LogP contribution in [0.3, 0.4) is 0 Å². The van der Waals surface area contributed by atoms with E-state index in [-0.39, 0.29) is 24.2 Å². The molecule has 0 radical (unpaired) electrons. The smallest absolute Gasteiger partial charge is 0.271 e. The van der Waals surface area contributed by atoms with Crippen molar-refractivity contribution in [2.45, 2.75) is 18.9 Å². The molecule has 0 bridgehead atoms. The summed E-state index contributed by atoms with van der Waals surface area (Å²) < 4.78 is 0. The fraction of sp³-hybridized carbons (Fsp3) is 0.267. The van der Waals surface area contributed by atoms with Gasteiger partial charge in [-0.15, -0.1) is 0 Å². The number of carbonyl (C=O) groups excluding carboxylic acids is 1. The van der Waals surface area contributed by atoms with Crippen molar-refractivity contribution in [3.8, 4) is 0 Å². The van der Waals surface area contributed by atoms with Crippen LogP contribution in [0.15, 0.2) is 48.9 Å². The van der Waals surface area contributed by atoms with E-state index in [2.05, 4.69) is 15.3 Å². The average Bonchev–Trinajstić information content (AvgIpc) is 2.53. The van der Waals surface area contributed by atoms with E-state index in [4.69, 9.17) is 5.11 Å². The number of rotatable bonds is 6. The normalized spacial score (nSPS) is 11.8. The zero-order chi connectivity index (χ0) is 14.2. The molecule has 20 heavy (non-hydrogen) atoms. The SMILES string of the molecule is O=C(NC(CCCO)c1ccccc1)c1cnccn1. The molecule has 1 amide bonds. The molecule has 0 aliphatic rings. The molecule has 2 aromatic rings. The van der Waals surface area contributed by atoms with E-state index in [0.717, 1.165) is 5.56 Å². The Labute approximate surface area is 117 Å². The first kappa shape index (κ1) is 14.1. The van der Waals surface area contributed by atoms with E-state index in [1.165, 1.54) is 18.6 Å². The van der Waals surface area contributed by atoms with Crippen molar-refractivity contribution < 1.29 is 9.90 Å². The Morgan fingerprint density at radius 3 is 2.70 bits per heavy atom. The summed E-state index contributed by atoms with van der Waals surface area (Å²) >= 11 is 0. The van der Waals surface area contributed by atoms with Crippen LogP contribution in [0.1, 0.15) is 34.9 Å². The Hall–Kier alpha value is -2.27. The first-order valence-corrected chi connectivity index (χ1v) is 6.54. The highest BCUT2D eigenvalue weighted by Crippen LogP contribution is 2.18. The Bertz CT molecular complexity index is 531. The number of aliphatic hydroxyl groups excluding tert-OH is 1. The molecule has 0 fully saturated rings. The molecule has 0 saturated carbocycles. The molecule has 1 aromatic heterocycles. The molecule has 1 heterocycles. The number of nitrogens with one attached hydrogen (secondary N) is 1. The van der Waals surface area contributed by atoms with Gasteiger partial charge in [0.2, 0.25) is 0 Å². The molecule has 1 aromatic carbocycles. The minimum absolute atomic E-state index is 0.102. The van der Waals surface area contributed by atoms with E-state index in [1.807, 2.05) is 30.3 Å². The van der Waals surface area contributed by atoms with Gasteiger partial charge in [-0.25, -0.2) is 4.98 Å². The predicted molar refractivity (Wildman–Crippen MR) is 75.0 cm³/mol. The maximum Gasteiger partial charge on any atom is 0.271 e. The maximum atomic E-state index is 12.1. The lowest BCUT2D eigenvalue weighted by molar-refractivity contribution is 0.0927. The lowest BCUT2D eigenvalue weighted by Gasteiger charge is -2.18. The molecule has 2 N–H and O–H groups in total. The number of benzene rings is 1. The Morgan fingerprint density at radius 1 is 1.25 bits per heavy atom. The summed E-state index contributed by atoms with van der Waals surface area (Å²) in [6.07, 6.45) is 5.74. The van der Waals surface area contributed by atoms with Crippen LogP contribution < -0.4 is 5.32 Å². The summed E-state index contributed by atoms with van der Waals surface area (Å²) in [5, 5.41) is 11.9. The van der Waals surface area contributed by atoms with E-state index < -0.39 is 0 Å². The lowest BCUT2D eigenvalue weighted by Crippen LogP contribution is -2.29. The van der Waals surface area contributed by atoms with Crippen molar-refractivity contribution in [3.63, 3.8) is 0 Å². The van der Waals surface area contributed by atoms with Gasteiger partial charge in [0.15, 0.2) is 0 Å². The molecule has 0 spiro atoms. The number of nitrogens with zero attached hydrogens (tertiary/aromatic N) is 2. The number of amides is 1. The van der Waals surface area contributed by atoms with Gasteiger partial charge in [-0.1, -0.05) is 30.3 Å². The Morgan fingerprint density at radius 2 is 2.05 bits per heavy atom. The van der Waals surface area contributed by atoms with Crippen LogP contribution in [0.5, 0.6) is 0 Å². The standard InChI is InChI=1S/C15H17N3O2/c19-10-4-7-13(12-5-2-1-3-6-12)18-15(20)14-11-16-8-9-17-14/h1-3,5-6,8-9,11,13,19H,4,7,10H2,(H,18,20). The summed E-state index contributed by atoms with van der Waals surface area (Å²) in [4.78, 5) is 20.0. The molecular formula is C15H17N3O2. The van der Waals surface area contributed by atoms with Gasteiger partial charge in [0.25, 0.3) is 5.91 Å². The highest BCUT2D eigenvalue weighted by molar-refractivity contribution is 5.92. The van der Waals surface area contributed by atoms with Crippen molar-refractivity contribution in [1.29, 1.82) is 0 Å². The minimum atomic E-state index is -0.259. The van der Waals surface area contributed by atoms with Gasteiger partial charge in [-0.05, 0) is 18.4 Å². The third-order valence-corrected chi connectivity index (χ3v) is 2.95. The van der Waals surface area contributed by atoms with Crippen LogP contribution in [0.4, 0.5) is 0 Å². The number of hydrogen-bond donors (Lipinski definition) is 2. The van der Waals surface area contributed by atoms with Crippen LogP contribution in [0, 0.1) is 0 Å². The topological polar surface area (TPSA) is 75.1 Å². The molecule has 5 nitrogen and oxygen atoms in total. The van der Waals surface area contributed by atoms with Crippen LogP contribution in [0.25, 0.3) is 0 Å². The van der Waals surface area contributed by atoms with Gasteiger partial charge in [0.1, 0.15) is 5.69 Å². The first-order chi connectivity index (χ1) is 9.81. The fourth-order valence-corrected chi connectivity index (χ4v) is 1.95. The van der Waals surface area contributed by atoms with Crippen molar-refractivity contribution in [2.75, 3.05) is 6.61 Å². The van der Waals surface area contributed by atoms with Crippen LogP contribution >= 0.6 is 0 Å². The molecule has 2 rings (SSSR count). The summed E-state index contributed by atoms with van der Waals surface area (Å²) in [6, 6.07) is 9.55. The number of aliphatic hydroxyl groups is 1. The largest absolute Gasteiger partial charge is 0.396 e. The summed E-state index contributed by atoms with van der Waals surface area (Å²) in [6.45, 7) is 0.102. The van der Waals surface area contributed by atoms with Crippen molar-refractivity contribution >= 4 is 5.91 Å². The van der Waals surface area contributed by atoms with Gasteiger partial charge in [-0.2, -0.15) is 0 Å². The van der Waals surface area contributed by atoms with E-state index in [1.54, 1.807) is 0 Å². The molecular weight excluding hydrogens is 254 g/mol. The van der Waals surface area contributed by atoms with E-state index >= 15 is 0 Å². The molecule has 1 atom stereocenters. The molecule has 0 aliphatic carbocycles. The summed E-state index contributed by atoms with van der Waals surface area (Å²) in [5.41, 5.74) is 1.30. The molecule has 104 valence electrons. The first-order valence-electron chi connectivity index (χ1n) is 6.54. The zero-order valence-electron chi connectivity index (χ0n) is 11.1. The van der Waals surface area contributed by atoms with Gasteiger partial charge in [-0.3, -0.25) is 9.78 Å². The fourth-order valence-electron chi connectivity index (χ4n) is 1.95. The molecule has 5 heteroatoms. The summed E-state index contributed by atoms with van der Waals surface area (Å²) in [5.74, 6) is -0.259. The third kappa shape index (κ3) is 3.86. The van der Waals surface area contributed by atoms with Crippen molar-refractivity contribution in [2.24, 2.45) is 0 Å². The third-order valence-electron chi connectivity index (χ3n) is 2.95. The zero-order valence-corrected chi connectivity index (χ0v) is 11.1. The van der Waals surface area contributed by atoms with Crippen molar-refractivity contribution in [1.82, 2.24) is 15.3 Å². The highest BCUT2D eigenvalue weighted by atomic mass is 16.3. The summed E-state index contributed by atoms with van der Waals surface area (Å²) in [7, 11) is 0. The van der Waals surface area contributed by atoms with Gasteiger partial charge in [0, 0.05) is 19.0 Å². The Kier molecular flexibility index (Phi) is 5.20. The van der Waals surface area contributed by atoms with Crippen molar-refractivity contribution in [3.05, 3.63) is 60.2 Å². The second-order valence-corrected chi connectivity index (χ2v) is 4.39. The molecule has 1 unspecified atom stereocenters. The second kappa shape index (κ2) is 7.35. The highest BCUT2D eigenvalue weighted by Gasteiger charge is 2.16. The average molecular weight is 271 g/mol. The van der Waals surface area contributed by atoms with Crippen LogP contribution in [-0.2, 0) is 0 Å². The Balaban J connectivity index is 2.10. The number of aromatic nitrogens is 2. The van der Waals surface area contributed by atoms with Crippen LogP contribution in [-0.4, -0.2) is 27.6 Å². The van der Waals surface area contributed by atoms with E-state index in [0.29, 0.717) is 12.8 Å².